The maximum absolute atomic E-state index is 6.41. The Labute approximate surface area is 154 Å². The van der Waals surface area contributed by atoms with Crippen LogP contribution >= 0.6 is 34.3 Å². The molecule has 24 heavy (non-hydrogen) atoms. The largest absolute Gasteiger partial charge is 0.255 e. The first-order valence-electron chi connectivity index (χ1n) is 7.67. The van der Waals surface area contributed by atoms with Crippen LogP contribution in [0.3, 0.4) is 0 Å². The fourth-order valence-corrected chi connectivity index (χ4v) is 4.41. The van der Waals surface area contributed by atoms with Crippen molar-refractivity contribution < 1.29 is 0 Å². The third kappa shape index (κ3) is 3.18. The Balaban J connectivity index is 1.68. The Hall–Kier alpha value is -1.88. The molecule has 0 fully saturated rings. The molecule has 0 amide bonds. The Morgan fingerprint density at radius 1 is 1.00 bits per heavy atom. The number of nitrogens with zero attached hydrogens (tertiary/aromatic N) is 2. The summed E-state index contributed by atoms with van der Waals surface area (Å²) in [6.45, 7) is 0. The summed E-state index contributed by atoms with van der Waals surface area (Å²) in [4.78, 5) is 2.54. The van der Waals surface area contributed by atoms with Crippen molar-refractivity contribution >= 4 is 51.7 Å². The van der Waals surface area contributed by atoms with Crippen LogP contribution in [0.4, 0.5) is 5.69 Å². The molecule has 1 unspecified atom stereocenters. The third-order valence-corrected chi connectivity index (χ3v) is 6.02. The van der Waals surface area contributed by atoms with Gasteiger partial charge in [-0.05, 0) is 47.2 Å². The van der Waals surface area contributed by atoms with Crippen molar-refractivity contribution in [1.29, 1.82) is 0 Å². The number of benzene rings is 1. The molecule has 5 heteroatoms. The lowest BCUT2D eigenvalue weighted by Crippen LogP contribution is -2.17. The van der Waals surface area contributed by atoms with Gasteiger partial charge in [0.15, 0.2) is 0 Å². The molecule has 0 radical (unpaired) electrons. The van der Waals surface area contributed by atoms with Crippen molar-refractivity contribution in [2.75, 3.05) is 5.01 Å². The van der Waals surface area contributed by atoms with Crippen LogP contribution in [0, 0.1) is 0 Å². The van der Waals surface area contributed by atoms with Gasteiger partial charge in [-0.25, -0.2) is 0 Å². The maximum Gasteiger partial charge on any atom is 0.0924 e. The molecule has 3 aromatic rings. The summed E-state index contributed by atoms with van der Waals surface area (Å²) in [5.74, 6) is 0. The quantitative estimate of drug-likeness (QED) is 0.512. The van der Waals surface area contributed by atoms with E-state index in [1.54, 1.807) is 22.7 Å². The molecule has 1 atom stereocenters. The molecule has 120 valence electrons. The summed E-state index contributed by atoms with van der Waals surface area (Å²) < 4.78 is 0. The number of hydrogen-bond acceptors (Lipinski definition) is 4. The molecule has 2 aromatic heterocycles. The minimum atomic E-state index is 0.202. The first-order valence-corrected chi connectivity index (χ1v) is 9.81. The van der Waals surface area contributed by atoms with Crippen LogP contribution in [-0.2, 0) is 0 Å². The molecule has 4 rings (SSSR count). The predicted molar refractivity (Wildman–Crippen MR) is 106 cm³/mol. The molecule has 0 saturated heterocycles. The van der Waals surface area contributed by atoms with Crippen LogP contribution in [0.15, 0.2) is 70.5 Å². The second kappa shape index (κ2) is 6.93. The molecule has 0 saturated carbocycles. The smallest absolute Gasteiger partial charge is 0.0924 e. The second-order valence-corrected chi connectivity index (χ2v) is 7.84. The first kappa shape index (κ1) is 15.6. The van der Waals surface area contributed by atoms with Crippen LogP contribution in [-0.4, -0.2) is 5.71 Å². The summed E-state index contributed by atoms with van der Waals surface area (Å²) in [5.41, 5.74) is 2.03. The zero-order valence-corrected chi connectivity index (χ0v) is 15.2. The number of allylic oxidation sites excluding steroid dienone is 1. The van der Waals surface area contributed by atoms with Gasteiger partial charge in [0.05, 0.1) is 22.5 Å². The highest BCUT2D eigenvalue weighted by Crippen LogP contribution is 2.40. The van der Waals surface area contributed by atoms with E-state index in [1.165, 1.54) is 9.75 Å². The van der Waals surface area contributed by atoms with Gasteiger partial charge in [-0.1, -0.05) is 35.9 Å². The van der Waals surface area contributed by atoms with E-state index < -0.39 is 0 Å². The van der Waals surface area contributed by atoms with E-state index in [0.29, 0.717) is 0 Å². The normalized spacial score (nSPS) is 17.6. The van der Waals surface area contributed by atoms with Gasteiger partial charge < -0.3 is 0 Å². The molecule has 0 bridgehead atoms. The Morgan fingerprint density at radius 3 is 2.58 bits per heavy atom. The molecule has 0 aliphatic carbocycles. The van der Waals surface area contributed by atoms with E-state index in [4.69, 9.17) is 16.7 Å². The monoisotopic (exact) mass is 370 g/mol. The highest BCUT2D eigenvalue weighted by Gasteiger charge is 2.29. The molecule has 0 N–H and O–H groups in total. The zero-order valence-electron chi connectivity index (χ0n) is 12.8. The number of para-hydroxylation sites is 1. The number of hydrazone groups is 1. The Bertz CT molecular complexity index is 867. The molecular weight excluding hydrogens is 356 g/mol. The average Bonchev–Trinajstić information content (AvgIpc) is 3.34. The fourth-order valence-electron chi connectivity index (χ4n) is 2.76. The average molecular weight is 371 g/mol. The van der Waals surface area contributed by atoms with Gasteiger partial charge in [-0.2, -0.15) is 5.10 Å². The first-order chi connectivity index (χ1) is 11.8. The lowest BCUT2D eigenvalue weighted by Gasteiger charge is -2.23. The number of halogens is 1. The van der Waals surface area contributed by atoms with Crippen molar-refractivity contribution in [1.82, 2.24) is 0 Å². The fraction of sp³-hybridized carbons (Fsp3) is 0.105. The Kier molecular flexibility index (Phi) is 4.52. The van der Waals surface area contributed by atoms with Crippen molar-refractivity contribution in [3.63, 3.8) is 0 Å². The molecule has 3 heterocycles. The van der Waals surface area contributed by atoms with Gasteiger partial charge in [-0.3, -0.25) is 5.01 Å². The van der Waals surface area contributed by atoms with E-state index in [2.05, 4.69) is 52.2 Å². The van der Waals surface area contributed by atoms with E-state index in [-0.39, 0.29) is 6.04 Å². The van der Waals surface area contributed by atoms with Gasteiger partial charge >= 0.3 is 0 Å². The summed E-state index contributed by atoms with van der Waals surface area (Å²) in [6.07, 6.45) is 5.13. The minimum Gasteiger partial charge on any atom is -0.255 e. The summed E-state index contributed by atoms with van der Waals surface area (Å²) in [7, 11) is 0. The zero-order chi connectivity index (χ0) is 16.4. The number of rotatable bonds is 4. The van der Waals surface area contributed by atoms with Gasteiger partial charge in [0, 0.05) is 16.2 Å². The SMILES string of the molecule is Clc1ccccc1N1N=C(C=Cc2cccs2)CC1c1cccs1. The minimum absolute atomic E-state index is 0.202. The third-order valence-electron chi connectivity index (χ3n) is 3.89. The van der Waals surface area contributed by atoms with Crippen molar-refractivity contribution in [2.45, 2.75) is 12.5 Å². The van der Waals surface area contributed by atoms with E-state index in [0.717, 1.165) is 22.8 Å². The summed E-state index contributed by atoms with van der Waals surface area (Å²) in [6, 6.07) is 16.5. The number of hydrogen-bond donors (Lipinski definition) is 0. The molecule has 1 aliphatic heterocycles. The molecule has 1 aliphatic rings. The van der Waals surface area contributed by atoms with Gasteiger partial charge in [0.1, 0.15) is 0 Å². The molecule has 1 aromatic carbocycles. The summed E-state index contributed by atoms with van der Waals surface area (Å²) in [5, 5.41) is 11.8. The molecule has 0 spiro atoms. The maximum atomic E-state index is 6.41. The number of anilines is 1. The van der Waals surface area contributed by atoms with Crippen LogP contribution < -0.4 is 5.01 Å². The van der Waals surface area contributed by atoms with Crippen LogP contribution in [0.25, 0.3) is 6.08 Å². The van der Waals surface area contributed by atoms with E-state index >= 15 is 0 Å². The highest BCUT2D eigenvalue weighted by atomic mass is 35.5. The molecule has 2 nitrogen and oxygen atoms in total. The van der Waals surface area contributed by atoms with Crippen molar-refractivity contribution in [3.8, 4) is 0 Å². The van der Waals surface area contributed by atoms with Crippen LogP contribution in [0.2, 0.25) is 5.02 Å². The van der Waals surface area contributed by atoms with Gasteiger partial charge in [0.25, 0.3) is 0 Å². The van der Waals surface area contributed by atoms with Gasteiger partial charge in [-0.15, -0.1) is 22.7 Å². The van der Waals surface area contributed by atoms with Crippen molar-refractivity contribution in [2.24, 2.45) is 5.10 Å². The number of thiophene rings is 2. The van der Waals surface area contributed by atoms with E-state index in [9.17, 15) is 0 Å². The lowest BCUT2D eigenvalue weighted by molar-refractivity contribution is 0.722. The molecular formula is C19H15ClN2S2. The van der Waals surface area contributed by atoms with E-state index in [1.807, 2.05) is 24.3 Å². The second-order valence-electron chi connectivity index (χ2n) is 5.47. The van der Waals surface area contributed by atoms with Gasteiger partial charge in [0.2, 0.25) is 0 Å². The lowest BCUT2D eigenvalue weighted by atomic mass is 10.1. The highest BCUT2D eigenvalue weighted by molar-refractivity contribution is 7.10. The van der Waals surface area contributed by atoms with Crippen LogP contribution in [0.5, 0.6) is 0 Å². The van der Waals surface area contributed by atoms with Crippen LogP contribution in [0.1, 0.15) is 22.2 Å². The topological polar surface area (TPSA) is 15.6 Å². The predicted octanol–water partition coefficient (Wildman–Crippen LogP) is 6.48. The standard InChI is InChI=1S/C19H15ClN2S2/c20-16-6-1-2-7-17(16)22-18(19-8-4-12-24-19)13-14(21-22)9-10-15-5-3-11-23-15/h1-12,18H,13H2. The summed E-state index contributed by atoms with van der Waals surface area (Å²) >= 11 is 9.91. The van der Waals surface area contributed by atoms with Crippen molar-refractivity contribution in [3.05, 3.63) is 80.1 Å². The Morgan fingerprint density at radius 2 is 1.83 bits per heavy atom.